The number of halogens is 1. The number of carboxylic acids is 1. The maximum atomic E-state index is 12.5. The molecule has 4 rings (SSSR count). The van der Waals surface area contributed by atoms with E-state index in [2.05, 4.69) is 18.3 Å². The van der Waals surface area contributed by atoms with Crippen molar-refractivity contribution in [2.75, 3.05) is 13.7 Å². The summed E-state index contributed by atoms with van der Waals surface area (Å²) in [5.41, 5.74) is 4.61. The van der Waals surface area contributed by atoms with Crippen molar-refractivity contribution in [3.63, 3.8) is 0 Å². The number of carbonyl (C=O) groups excluding carboxylic acids is 1. The summed E-state index contributed by atoms with van der Waals surface area (Å²) in [4.78, 5) is 23.3. The quantitative estimate of drug-likeness (QED) is 0.170. The zero-order chi connectivity index (χ0) is 29.2. The number of hydrogen-bond donors (Lipinski definition) is 2. The molecule has 0 saturated heterocycles. The van der Waals surface area contributed by atoms with Crippen LogP contribution in [0.3, 0.4) is 0 Å². The van der Waals surface area contributed by atoms with Gasteiger partial charge in [-0.1, -0.05) is 73.5 Å². The summed E-state index contributed by atoms with van der Waals surface area (Å²) in [6, 6.07) is 31.1. The third kappa shape index (κ3) is 8.12. The van der Waals surface area contributed by atoms with Crippen molar-refractivity contribution < 1.29 is 24.2 Å². The van der Waals surface area contributed by atoms with Crippen LogP contribution in [0.15, 0.2) is 97.1 Å². The van der Waals surface area contributed by atoms with Crippen LogP contribution in [0, 0.1) is 0 Å². The Morgan fingerprint density at radius 3 is 2.17 bits per heavy atom. The second-order valence-electron chi connectivity index (χ2n) is 9.76. The van der Waals surface area contributed by atoms with Gasteiger partial charge in [-0.2, -0.15) is 0 Å². The van der Waals surface area contributed by atoms with Gasteiger partial charge in [-0.3, -0.25) is 9.59 Å². The van der Waals surface area contributed by atoms with Crippen LogP contribution in [-0.2, 0) is 4.79 Å². The molecule has 0 spiro atoms. The fraction of sp³-hybridized carbons (Fsp3) is 0.235. The maximum Gasteiger partial charge on any atom is 0.305 e. The molecule has 0 bridgehead atoms. The Kier molecular flexibility index (Phi) is 10.4. The Balaban J connectivity index is 1.63. The minimum absolute atomic E-state index is 0.00469. The van der Waals surface area contributed by atoms with Crippen LogP contribution in [0.1, 0.15) is 59.7 Å². The van der Waals surface area contributed by atoms with Gasteiger partial charge >= 0.3 is 5.97 Å². The van der Waals surface area contributed by atoms with Crippen LogP contribution in [0.5, 0.6) is 11.5 Å². The first-order valence-corrected chi connectivity index (χ1v) is 14.0. The summed E-state index contributed by atoms with van der Waals surface area (Å²) in [5, 5.41) is 12.1. The van der Waals surface area contributed by atoms with Gasteiger partial charge in [0.15, 0.2) is 0 Å². The van der Waals surface area contributed by atoms with Crippen LogP contribution in [0.4, 0.5) is 0 Å². The molecule has 212 valence electrons. The normalized spacial score (nSPS) is 12.3. The number of benzene rings is 4. The van der Waals surface area contributed by atoms with Gasteiger partial charge in [-0.05, 0) is 77.2 Å². The summed E-state index contributed by atoms with van der Waals surface area (Å²) in [5.74, 6) is 0.287. The molecule has 0 aliphatic heterocycles. The topological polar surface area (TPSA) is 84.9 Å². The Morgan fingerprint density at radius 1 is 0.854 bits per heavy atom. The van der Waals surface area contributed by atoms with Crippen LogP contribution in [0.25, 0.3) is 11.1 Å². The molecular weight excluding hydrogens is 538 g/mol. The molecule has 7 heteroatoms. The Morgan fingerprint density at radius 2 is 1.54 bits per heavy atom. The van der Waals surface area contributed by atoms with Crippen molar-refractivity contribution in [3.8, 4) is 22.6 Å². The molecule has 0 aliphatic rings. The number of ether oxygens (including phenoxy) is 2. The molecular formula is C34H34ClNO5. The molecule has 0 aliphatic carbocycles. The molecule has 4 aromatic carbocycles. The first kappa shape index (κ1) is 29.7. The largest absolute Gasteiger partial charge is 0.497 e. The van der Waals surface area contributed by atoms with Crippen molar-refractivity contribution in [1.29, 1.82) is 0 Å². The average Bonchev–Trinajstić information content (AvgIpc) is 2.99. The van der Waals surface area contributed by atoms with Gasteiger partial charge in [0.1, 0.15) is 17.6 Å². The van der Waals surface area contributed by atoms with E-state index in [1.54, 1.807) is 19.2 Å². The number of rotatable bonds is 13. The summed E-state index contributed by atoms with van der Waals surface area (Å²) >= 11 is 6.22. The number of aliphatic carboxylic acids is 1. The average molecular weight is 572 g/mol. The highest BCUT2D eigenvalue weighted by Crippen LogP contribution is 2.39. The van der Waals surface area contributed by atoms with Gasteiger partial charge in [0.25, 0.3) is 5.91 Å². The van der Waals surface area contributed by atoms with Crippen LogP contribution in [0.2, 0.25) is 5.02 Å². The van der Waals surface area contributed by atoms with Crippen LogP contribution in [-0.4, -0.2) is 30.6 Å². The summed E-state index contributed by atoms with van der Waals surface area (Å²) in [7, 11) is 1.65. The van der Waals surface area contributed by atoms with E-state index in [0.29, 0.717) is 10.6 Å². The fourth-order valence-corrected chi connectivity index (χ4v) is 4.91. The van der Waals surface area contributed by atoms with Crippen LogP contribution >= 0.6 is 11.6 Å². The van der Waals surface area contributed by atoms with Crippen molar-refractivity contribution >= 4 is 23.5 Å². The minimum Gasteiger partial charge on any atom is -0.497 e. The molecule has 6 nitrogen and oxygen atoms in total. The molecule has 41 heavy (non-hydrogen) atoms. The van der Waals surface area contributed by atoms with Gasteiger partial charge in [-0.25, -0.2) is 0 Å². The molecule has 4 aromatic rings. The monoisotopic (exact) mass is 571 g/mol. The molecule has 0 unspecified atom stereocenters. The van der Waals surface area contributed by atoms with E-state index in [0.717, 1.165) is 46.6 Å². The second kappa shape index (κ2) is 14.4. The number of amides is 1. The Labute approximate surface area is 245 Å². The number of methoxy groups -OCH3 is 1. The van der Waals surface area contributed by atoms with E-state index in [4.69, 9.17) is 26.2 Å². The molecule has 0 heterocycles. The molecule has 0 fully saturated rings. The van der Waals surface area contributed by atoms with Gasteiger partial charge in [0.2, 0.25) is 0 Å². The lowest BCUT2D eigenvalue weighted by Crippen LogP contribution is -2.26. The van der Waals surface area contributed by atoms with E-state index < -0.39 is 5.97 Å². The molecule has 2 atom stereocenters. The first-order chi connectivity index (χ1) is 19.9. The zero-order valence-electron chi connectivity index (χ0n) is 23.2. The molecule has 0 aromatic heterocycles. The lowest BCUT2D eigenvalue weighted by Gasteiger charge is -2.29. The second-order valence-corrected chi connectivity index (χ2v) is 10.2. The zero-order valence-corrected chi connectivity index (χ0v) is 23.9. The number of nitrogens with one attached hydrogen (secondary N) is 1. The smallest absolute Gasteiger partial charge is 0.305 e. The van der Waals surface area contributed by atoms with E-state index in [9.17, 15) is 9.59 Å². The summed E-state index contributed by atoms with van der Waals surface area (Å²) in [6.07, 6.45) is 1.35. The van der Waals surface area contributed by atoms with Crippen molar-refractivity contribution in [2.45, 2.75) is 38.2 Å². The highest BCUT2D eigenvalue weighted by atomic mass is 35.5. The highest BCUT2D eigenvalue weighted by molar-refractivity contribution is 6.30. The van der Waals surface area contributed by atoms with Gasteiger partial charge < -0.3 is 19.9 Å². The van der Waals surface area contributed by atoms with Crippen molar-refractivity contribution in [1.82, 2.24) is 5.32 Å². The van der Waals surface area contributed by atoms with E-state index in [-0.39, 0.29) is 30.9 Å². The fourth-order valence-electron chi connectivity index (χ4n) is 4.78. The van der Waals surface area contributed by atoms with Crippen molar-refractivity contribution in [2.24, 2.45) is 0 Å². The molecule has 2 N–H and O–H groups in total. The third-order valence-corrected chi connectivity index (χ3v) is 7.16. The maximum absolute atomic E-state index is 12.5. The van der Waals surface area contributed by atoms with Gasteiger partial charge in [0, 0.05) is 23.0 Å². The van der Waals surface area contributed by atoms with E-state index in [1.807, 2.05) is 78.9 Å². The first-order valence-electron chi connectivity index (χ1n) is 13.6. The molecule has 0 radical (unpaired) electrons. The van der Waals surface area contributed by atoms with Gasteiger partial charge in [-0.15, -0.1) is 0 Å². The summed E-state index contributed by atoms with van der Waals surface area (Å²) < 4.78 is 12.1. The predicted octanol–water partition coefficient (Wildman–Crippen LogP) is 7.92. The van der Waals surface area contributed by atoms with Crippen LogP contribution < -0.4 is 14.8 Å². The predicted molar refractivity (Wildman–Crippen MR) is 162 cm³/mol. The minimum atomic E-state index is -0.953. The SMILES string of the molecule is CCC[C@H](c1ccc(C(=O)NCCC(=O)O)cc1)[C@@H](Oc1cccc(-c2ccc(OC)cc2)c1)c1ccc(Cl)cc1. The lowest BCUT2D eigenvalue weighted by molar-refractivity contribution is -0.136. The number of hydrogen-bond acceptors (Lipinski definition) is 4. The Bertz CT molecular complexity index is 1440. The van der Waals surface area contributed by atoms with Crippen molar-refractivity contribution in [3.05, 3.63) is 119 Å². The highest BCUT2D eigenvalue weighted by Gasteiger charge is 2.27. The third-order valence-electron chi connectivity index (χ3n) is 6.91. The standard InChI is InChI=1S/C34H34ClNO5/c1-3-5-31(24-8-10-26(11-9-24)34(39)36-21-20-32(37)38)33(25-12-16-28(35)17-13-25)41-30-7-4-6-27(22-30)23-14-18-29(40-2)19-15-23/h4,6-19,22,31,33H,3,5,20-21H2,1-2H3,(H,36,39)(H,37,38)/t31-,33+/m1/s1. The number of carbonyl (C=O) groups is 2. The molecule has 1 amide bonds. The van der Waals surface area contributed by atoms with Gasteiger partial charge in [0.05, 0.1) is 13.5 Å². The lowest BCUT2D eigenvalue weighted by atomic mass is 9.85. The molecule has 0 saturated carbocycles. The van der Waals surface area contributed by atoms with E-state index >= 15 is 0 Å². The number of carboxylic acid groups (broad SMARTS) is 1. The van der Waals surface area contributed by atoms with E-state index in [1.165, 1.54) is 0 Å². The Hall–Kier alpha value is -4.29. The summed E-state index contributed by atoms with van der Waals surface area (Å²) in [6.45, 7) is 2.22.